The van der Waals surface area contributed by atoms with Gasteiger partial charge in [0.2, 0.25) is 17.6 Å². The zero-order chi connectivity index (χ0) is 26.2. The van der Waals surface area contributed by atoms with Crippen molar-refractivity contribution in [3.63, 3.8) is 0 Å². The molecule has 8 nitrogen and oxygen atoms in total. The Bertz CT molecular complexity index is 1240. The molecule has 1 atom stereocenters. The van der Waals surface area contributed by atoms with Gasteiger partial charge in [0.05, 0.1) is 0 Å². The lowest BCUT2D eigenvalue weighted by Gasteiger charge is -2.55. The third-order valence-corrected chi connectivity index (χ3v) is 8.17. The van der Waals surface area contributed by atoms with Crippen molar-refractivity contribution in [1.82, 2.24) is 24.9 Å². The van der Waals surface area contributed by atoms with E-state index < -0.39 is 5.60 Å². The SMILES string of the molecule is CCCc1ccc([C@](O)(c2cncc(-c3noc(C4CCN(C(C)=O)CC4)n3)c2)C2(C)CN(C)C2)cc1. The number of hydrogen-bond donors (Lipinski definition) is 1. The fourth-order valence-corrected chi connectivity index (χ4v) is 6.16. The quantitative estimate of drug-likeness (QED) is 0.521. The zero-order valence-electron chi connectivity index (χ0n) is 22.3. The lowest BCUT2D eigenvalue weighted by atomic mass is 9.62. The largest absolute Gasteiger partial charge is 0.380 e. The number of pyridine rings is 1. The van der Waals surface area contributed by atoms with Crippen LogP contribution in [-0.2, 0) is 16.8 Å². The molecule has 5 rings (SSSR count). The smallest absolute Gasteiger partial charge is 0.230 e. The molecule has 0 saturated carbocycles. The first-order valence-electron chi connectivity index (χ1n) is 13.3. The predicted molar refractivity (Wildman–Crippen MR) is 141 cm³/mol. The van der Waals surface area contributed by atoms with Gasteiger partial charge >= 0.3 is 0 Å². The summed E-state index contributed by atoms with van der Waals surface area (Å²) >= 11 is 0. The molecule has 0 unspecified atom stereocenters. The molecular formula is C29H37N5O3. The van der Waals surface area contributed by atoms with E-state index in [4.69, 9.17) is 9.51 Å². The van der Waals surface area contributed by atoms with Crippen LogP contribution in [0.4, 0.5) is 0 Å². The third-order valence-electron chi connectivity index (χ3n) is 8.17. The second-order valence-electron chi connectivity index (χ2n) is 11.1. The fraction of sp³-hybridized carbons (Fsp3) is 0.517. The summed E-state index contributed by atoms with van der Waals surface area (Å²) in [6, 6.07) is 10.3. The van der Waals surface area contributed by atoms with Crippen LogP contribution in [0.2, 0.25) is 0 Å². The van der Waals surface area contributed by atoms with Gasteiger partial charge in [0.15, 0.2) is 0 Å². The lowest BCUT2D eigenvalue weighted by Crippen LogP contribution is -2.63. The Kier molecular flexibility index (Phi) is 6.89. The number of amides is 1. The van der Waals surface area contributed by atoms with Crippen molar-refractivity contribution in [3.8, 4) is 11.4 Å². The van der Waals surface area contributed by atoms with Crippen LogP contribution >= 0.6 is 0 Å². The average molecular weight is 504 g/mol. The molecule has 0 aliphatic carbocycles. The minimum absolute atomic E-state index is 0.103. The Morgan fingerprint density at radius 3 is 2.49 bits per heavy atom. The van der Waals surface area contributed by atoms with Crippen LogP contribution in [0.1, 0.15) is 68.5 Å². The van der Waals surface area contributed by atoms with E-state index in [1.807, 2.05) is 11.0 Å². The van der Waals surface area contributed by atoms with Gasteiger partial charge in [0.1, 0.15) is 5.60 Å². The van der Waals surface area contributed by atoms with Crippen molar-refractivity contribution in [3.05, 3.63) is 65.3 Å². The molecule has 196 valence electrons. The summed E-state index contributed by atoms with van der Waals surface area (Å²) in [5, 5.41) is 16.7. The van der Waals surface area contributed by atoms with Crippen LogP contribution in [0.15, 0.2) is 47.2 Å². The standard InChI is InChI=1S/C29H37N5O3/c1-5-6-21-7-9-24(10-8-21)29(36,28(3)18-33(4)19-28)25-15-23(16-30-17-25)26-31-27(37-32-26)22-11-13-34(14-12-22)20(2)35/h7-10,15-17,22,36H,5-6,11-14,18-19H2,1-4H3/t29-/m0/s1. The van der Waals surface area contributed by atoms with E-state index in [1.54, 1.807) is 19.3 Å². The first-order chi connectivity index (χ1) is 17.7. The molecule has 2 aromatic heterocycles. The van der Waals surface area contributed by atoms with E-state index in [1.165, 1.54) is 5.56 Å². The number of carbonyl (C=O) groups is 1. The first kappa shape index (κ1) is 25.5. The molecule has 1 amide bonds. The van der Waals surface area contributed by atoms with Gasteiger partial charge in [-0.1, -0.05) is 49.7 Å². The van der Waals surface area contributed by atoms with Gasteiger partial charge in [-0.25, -0.2) is 0 Å². The van der Waals surface area contributed by atoms with Crippen molar-refractivity contribution in [1.29, 1.82) is 0 Å². The molecule has 2 fully saturated rings. The van der Waals surface area contributed by atoms with Crippen molar-refractivity contribution in [2.75, 3.05) is 33.2 Å². The molecule has 3 aromatic rings. The summed E-state index contributed by atoms with van der Waals surface area (Å²) in [6.45, 7) is 8.86. The molecule has 2 saturated heterocycles. The lowest BCUT2D eigenvalue weighted by molar-refractivity contribution is -0.129. The van der Waals surface area contributed by atoms with Gasteiger partial charge in [-0.2, -0.15) is 4.98 Å². The van der Waals surface area contributed by atoms with Crippen molar-refractivity contribution in [2.24, 2.45) is 5.41 Å². The summed E-state index contributed by atoms with van der Waals surface area (Å²) in [4.78, 5) is 24.9. The Labute approximate surface area is 218 Å². The van der Waals surface area contributed by atoms with Crippen molar-refractivity contribution >= 4 is 5.91 Å². The highest BCUT2D eigenvalue weighted by atomic mass is 16.5. The molecule has 0 spiro atoms. The summed E-state index contributed by atoms with van der Waals surface area (Å²) in [6.07, 6.45) is 7.19. The molecule has 4 heterocycles. The Hall–Kier alpha value is -3.10. The minimum atomic E-state index is -1.22. The number of aryl methyl sites for hydroxylation is 1. The normalized spacial score (nSPS) is 19.9. The number of aromatic nitrogens is 3. The minimum Gasteiger partial charge on any atom is -0.380 e. The summed E-state index contributed by atoms with van der Waals surface area (Å²) in [5.41, 5.74) is 1.98. The van der Waals surface area contributed by atoms with Crippen LogP contribution in [0.3, 0.4) is 0 Å². The fourth-order valence-electron chi connectivity index (χ4n) is 6.16. The number of likely N-dealkylation sites (tertiary alicyclic amines) is 2. The maximum Gasteiger partial charge on any atom is 0.230 e. The number of benzene rings is 1. The number of nitrogens with zero attached hydrogens (tertiary/aromatic N) is 5. The van der Waals surface area contributed by atoms with Crippen molar-refractivity contribution in [2.45, 2.75) is 58.0 Å². The van der Waals surface area contributed by atoms with Crippen LogP contribution < -0.4 is 0 Å². The van der Waals surface area contributed by atoms with Crippen LogP contribution in [-0.4, -0.2) is 69.2 Å². The average Bonchev–Trinajstić information content (AvgIpc) is 3.39. The van der Waals surface area contributed by atoms with Gasteiger partial charge in [-0.05, 0) is 43.5 Å². The Morgan fingerprint density at radius 1 is 1.16 bits per heavy atom. The number of hydrogen-bond acceptors (Lipinski definition) is 7. The molecule has 2 aliphatic heterocycles. The second-order valence-corrected chi connectivity index (χ2v) is 11.1. The van der Waals surface area contributed by atoms with E-state index in [0.29, 0.717) is 30.4 Å². The summed E-state index contributed by atoms with van der Waals surface area (Å²) in [5.74, 6) is 1.30. The highest BCUT2D eigenvalue weighted by Crippen LogP contribution is 2.50. The molecule has 1 N–H and O–H groups in total. The van der Waals surface area contributed by atoms with Gasteiger partial charge < -0.3 is 19.4 Å². The maximum absolute atomic E-state index is 12.5. The molecule has 0 bridgehead atoms. The van der Waals surface area contributed by atoms with Gasteiger partial charge in [0, 0.05) is 68.0 Å². The van der Waals surface area contributed by atoms with E-state index in [2.05, 4.69) is 60.2 Å². The van der Waals surface area contributed by atoms with E-state index in [9.17, 15) is 9.90 Å². The number of rotatable bonds is 7. The van der Waals surface area contributed by atoms with Crippen LogP contribution in [0.25, 0.3) is 11.4 Å². The number of piperidine rings is 1. The van der Waals surface area contributed by atoms with Crippen LogP contribution in [0.5, 0.6) is 0 Å². The molecule has 0 radical (unpaired) electrons. The monoisotopic (exact) mass is 503 g/mol. The predicted octanol–water partition coefficient (Wildman–Crippen LogP) is 4.00. The van der Waals surface area contributed by atoms with Gasteiger partial charge in [0.25, 0.3) is 0 Å². The maximum atomic E-state index is 12.5. The van der Waals surface area contributed by atoms with Crippen LogP contribution in [0, 0.1) is 5.41 Å². The first-order valence-corrected chi connectivity index (χ1v) is 13.3. The van der Waals surface area contributed by atoms with E-state index >= 15 is 0 Å². The van der Waals surface area contributed by atoms with Gasteiger partial charge in [-0.15, -0.1) is 0 Å². The Morgan fingerprint density at radius 2 is 1.86 bits per heavy atom. The highest BCUT2D eigenvalue weighted by molar-refractivity contribution is 5.73. The third kappa shape index (κ3) is 4.68. The number of aliphatic hydroxyl groups is 1. The van der Waals surface area contributed by atoms with Crippen molar-refractivity contribution < 1.29 is 14.4 Å². The van der Waals surface area contributed by atoms with E-state index in [0.717, 1.165) is 49.9 Å². The summed E-state index contributed by atoms with van der Waals surface area (Å²) in [7, 11) is 2.07. The topological polar surface area (TPSA) is 95.6 Å². The van der Waals surface area contributed by atoms with Gasteiger partial charge in [-0.3, -0.25) is 9.78 Å². The zero-order valence-corrected chi connectivity index (χ0v) is 22.3. The second kappa shape index (κ2) is 9.99. The highest BCUT2D eigenvalue weighted by Gasteiger charge is 2.55. The molecule has 8 heteroatoms. The number of carbonyl (C=O) groups excluding carboxylic acids is 1. The Balaban J connectivity index is 1.45. The van der Waals surface area contributed by atoms with E-state index in [-0.39, 0.29) is 17.2 Å². The molecule has 2 aliphatic rings. The molecule has 37 heavy (non-hydrogen) atoms. The molecular weight excluding hydrogens is 466 g/mol. The molecule has 1 aromatic carbocycles. The summed E-state index contributed by atoms with van der Waals surface area (Å²) < 4.78 is 5.65.